The molecule has 0 saturated carbocycles. The summed E-state index contributed by atoms with van der Waals surface area (Å²) in [4.78, 5) is 0. The summed E-state index contributed by atoms with van der Waals surface area (Å²) in [5, 5.41) is 10.4. The van der Waals surface area contributed by atoms with Crippen molar-refractivity contribution in [2.45, 2.75) is 20.0 Å². The molecule has 94 valence electrons. The van der Waals surface area contributed by atoms with Gasteiger partial charge in [-0.25, -0.2) is 4.39 Å². The molecular formula is C15H14FIO. The van der Waals surface area contributed by atoms with Gasteiger partial charge in [0, 0.05) is 3.57 Å². The Kier molecular flexibility index (Phi) is 4.02. The summed E-state index contributed by atoms with van der Waals surface area (Å²) in [6, 6.07) is 11.1. The van der Waals surface area contributed by atoms with Crippen molar-refractivity contribution in [1.29, 1.82) is 0 Å². The molecule has 2 rings (SSSR count). The van der Waals surface area contributed by atoms with Gasteiger partial charge in [-0.15, -0.1) is 0 Å². The zero-order chi connectivity index (χ0) is 13.3. The Morgan fingerprint density at radius 3 is 2.22 bits per heavy atom. The highest BCUT2D eigenvalue weighted by Gasteiger charge is 2.15. The van der Waals surface area contributed by atoms with Crippen molar-refractivity contribution in [2.75, 3.05) is 0 Å². The normalized spacial score (nSPS) is 12.5. The van der Waals surface area contributed by atoms with E-state index in [-0.39, 0.29) is 5.82 Å². The van der Waals surface area contributed by atoms with Crippen LogP contribution in [0.2, 0.25) is 0 Å². The fraction of sp³-hybridized carbons (Fsp3) is 0.200. The summed E-state index contributed by atoms with van der Waals surface area (Å²) in [5.74, 6) is -0.200. The topological polar surface area (TPSA) is 20.2 Å². The number of aliphatic hydroxyl groups is 1. The van der Waals surface area contributed by atoms with Gasteiger partial charge in [0.25, 0.3) is 0 Å². The van der Waals surface area contributed by atoms with Crippen LogP contribution in [0.4, 0.5) is 4.39 Å². The van der Waals surface area contributed by atoms with Crippen molar-refractivity contribution in [1.82, 2.24) is 0 Å². The second-order valence-electron chi connectivity index (χ2n) is 4.39. The average molecular weight is 356 g/mol. The molecule has 0 radical (unpaired) electrons. The Bertz CT molecular complexity index is 557. The Morgan fingerprint density at radius 1 is 1.11 bits per heavy atom. The van der Waals surface area contributed by atoms with Gasteiger partial charge in [0.1, 0.15) is 11.9 Å². The molecule has 2 aromatic carbocycles. The standard InChI is InChI=1S/C15H14FIO/c1-9-7-11(8-10(2)14(9)16)15(18)12-5-3-4-6-13(12)17/h3-8,15,18H,1-2H3. The van der Waals surface area contributed by atoms with Gasteiger partial charge in [-0.2, -0.15) is 0 Å². The fourth-order valence-corrected chi connectivity index (χ4v) is 2.70. The first-order valence-corrected chi connectivity index (χ1v) is 6.77. The molecule has 3 heteroatoms. The molecule has 0 aliphatic carbocycles. The Hall–Kier alpha value is -0.940. The van der Waals surface area contributed by atoms with Crippen molar-refractivity contribution >= 4 is 22.6 Å². The molecule has 18 heavy (non-hydrogen) atoms. The molecule has 0 heterocycles. The van der Waals surface area contributed by atoms with E-state index in [0.717, 1.165) is 14.7 Å². The van der Waals surface area contributed by atoms with Crippen LogP contribution in [0.25, 0.3) is 0 Å². The summed E-state index contributed by atoms with van der Waals surface area (Å²) in [6.07, 6.45) is -0.712. The third kappa shape index (κ3) is 2.57. The molecule has 0 aromatic heterocycles. The van der Waals surface area contributed by atoms with Crippen molar-refractivity contribution in [3.05, 3.63) is 68.0 Å². The van der Waals surface area contributed by atoms with E-state index < -0.39 is 6.10 Å². The molecule has 0 saturated heterocycles. The van der Waals surface area contributed by atoms with Gasteiger partial charge >= 0.3 is 0 Å². The van der Waals surface area contributed by atoms with Crippen LogP contribution < -0.4 is 0 Å². The monoisotopic (exact) mass is 356 g/mol. The second kappa shape index (κ2) is 5.36. The molecule has 0 bridgehead atoms. The maximum Gasteiger partial charge on any atom is 0.129 e. The lowest BCUT2D eigenvalue weighted by Gasteiger charge is -2.15. The van der Waals surface area contributed by atoms with Crippen LogP contribution in [0.1, 0.15) is 28.4 Å². The van der Waals surface area contributed by atoms with E-state index in [1.807, 2.05) is 24.3 Å². The maximum absolute atomic E-state index is 13.6. The van der Waals surface area contributed by atoms with Crippen molar-refractivity contribution in [3.8, 4) is 0 Å². The third-order valence-corrected chi connectivity index (χ3v) is 3.96. The lowest BCUT2D eigenvalue weighted by Crippen LogP contribution is -2.04. The van der Waals surface area contributed by atoms with Gasteiger partial charge in [-0.1, -0.05) is 30.3 Å². The zero-order valence-corrected chi connectivity index (χ0v) is 12.4. The molecule has 2 aromatic rings. The van der Waals surface area contributed by atoms with Crippen LogP contribution in [0.15, 0.2) is 36.4 Å². The minimum atomic E-state index is -0.712. The van der Waals surface area contributed by atoms with Gasteiger partial charge in [0.2, 0.25) is 0 Å². The van der Waals surface area contributed by atoms with E-state index >= 15 is 0 Å². The smallest absolute Gasteiger partial charge is 0.129 e. The molecule has 1 atom stereocenters. The zero-order valence-electron chi connectivity index (χ0n) is 10.2. The van der Waals surface area contributed by atoms with E-state index in [1.54, 1.807) is 26.0 Å². The lowest BCUT2D eigenvalue weighted by molar-refractivity contribution is 0.219. The van der Waals surface area contributed by atoms with Crippen molar-refractivity contribution in [2.24, 2.45) is 0 Å². The minimum Gasteiger partial charge on any atom is -0.384 e. The number of aliphatic hydroxyl groups excluding tert-OH is 1. The lowest BCUT2D eigenvalue weighted by atomic mass is 9.97. The molecule has 1 unspecified atom stereocenters. The first-order chi connectivity index (χ1) is 8.50. The van der Waals surface area contributed by atoms with E-state index in [0.29, 0.717) is 11.1 Å². The van der Waals surface area contributed by atoms with Crippen LogP contribution in [0.5, 0.6) is 0 Å². The highest BCUT2D eigenvalue weighted by atomic mass is 127. The van der Waals surface area contributed by atoms with E-state index in [4.69, 9.17) is 0 Å². The van der Waals surface area contributed by atoms with Gasteiger partial charge in [-0.05, 0) is 64.8 Å². The van der Waals surface area contributed by atoms with Crippen LogP contribution in [0, 0.1) is 23.2 Å². The van der Waals surface area contributed by atoms with Crippen LogP contribution in [0.3, 0.4) is 0 Å². The molecule has 0 aliphatic rings. The van der Waals surface area contributed by atoms with Gasteiger partial charge in [0.05, 0.1) is 0 Å². The Morgan fingerprint density at radius 2 is 1.67 bits per heavy atom. The first-order valence-electron chi connectivity index (χ1n) is 5.70. The fourth-order valence-electron chi connectivity index (χ4n) is 2.01. The van der Waals surface area contributed by atoms with Crippen LogP contribution in [-0.2, 0) is 0 Å². The van der Waals surface area contributed by atoms with Gasteiger partial charge in [0.15, 0.2) is 0 Å². The van der Waals surface area contributed by atoms with E-state index in [1.165, 1.54) is 0 Å². The number of rotatable bonds is 2. The average Bonchev–Trinajstić information content (AvgIpc) is 2.35. The van der Waals surface area contributed by atoms with E-state index in [2.05, 4.69) is 22.6 Å². The summed E-state index contributed by atoms with van der Waals surface area (Å²) in [7, 11) is 0. The predicted molar refractivity (Wildman–Crippen MR) is 79.1 cm³/mol. The summed E-state index contributed by atoms with van der Waals surface area (Å²) >= 11 is 2.19. The minimum absolute atomic E-state index is 0.200. The van der Waals surface area contributed by atoms with Gasteiger partial charge in [-0.3, -0.25) is 0 Å². The largest absolute Gasteiger partial charge is 0.384 e. The van der Waals surface area contributed by atoms with Crippen molar-refractivity contribution < 1.29 is 9.50 Å². The molecule has 0 fully saturated rings. The van der Waals surface area contributed by atoms with Crippen LogP contribution >= 0.6 is 22.6 Å². The highest BCUT2D eigenvalue weighted by Crippen LogP contribution is 2.28. The Labute approximate surface area is 120 Å². The van der Waals surface area contributed by atoms with Crippen molar-refractivity contribution in [3.63, 3.8) is 0 Å². The summed E-state index contributed by atoms with van der Waals surface area (Å²) < 4.78 is 14.6. The second-order valence-corrected chi connectivity index (χ2v) is 5.55. The predicted octanol–water partition coefficient (Wildman–Crippen LogP) is 4.13. The third-order valence-electron chi connectivity index (χ3n) is 2.97. The Balaban J connectivity index is 2.47. The highest BCUT2D eigenvalue weighted by molar-refractivity contribution is 14.1. The van der Waals surface area contributed by atoms with Crippen LogP contribution in [-0.4, -0.2) is 5.11 Å². The summed E-state index contributed by atoms with van der Waals surface area (Å²) in [6.45, 7) is 3.43. The van der Waals surface area contributed by atoms with E-state index in [9.17, 15) is 9.50 Å². The number of hydrogen-bond donors (Lipinski definition) is 1. The molecule has 1 N–H and O–H groups in total. The molecule has 0 aliphatic heterocycles. The quantitative estimate of drug-likeness (QED) is 0.803. The number of benzene rings is 2. The SMILES string of the molecule is Cc1cc(C(O)c2ccccc2I)cc(C)c1F. The first kappa shape index (κ1) is 13.5. The number of halogens is 2. The molecular weight excluding hydrogens is 342 g/mol. The molecule has 1 nitrogen and oxygen atoms in total. The summed E-state index contributed by atoms with van der Waals surface area (Å²) in [5.41, 5.74) is 2.71. The number of aryl methyl sites for hydroxylation is 2. The number of hydrogen-bond acceptors (Lipinski definition) is 1. The van der Waals surface area contributed by atoms with Gasteiger partial charge < -0.3 is 5.11 Å². The molecule has 0 amide bonds. The maximum atomic E-state index is 13.6. The molecule has 0 spiro atoms.